The first kappa shape index (κ1) is 13.2. The van der Waals surface area contributed by atoms with Crippen molar-refractivity contribution in [2.24, 2.45) is 0 Å². The quantitative estimate of drug-likeness (QED) is 0.601. The van der Waals surface area contributed by atoms with Crippen molar-refractivity contribution in [1.82, 2.24) is 0 Å². The van der Waals surface area contributed by atoms with Crippen LogP contribution in [0.15, 0.2) is 18.2 Å². The van der Waals surface area contributed by atoms with Crippen LogP contribution < -0.4 is 9.64 Å². The van der Waals surface area contributed by atoms with E-state index in [1.807, 2.05) is 6.07 Å². The minimum atomic E-state index is -0.609. The highest BCUT2D eigenvalue weighted by molar-refractivity contribution is 5.87. The van der Waals surface area contributed by atoms with Gasteiger partial charge in [-0.3, -0.25) is 0 Å². The Labute approximate surface area is 121 Å². The van der Waals surface area contributed by atoms with E-state index in [0.29, 0.717) is 23.4 Å². The molecular formula is C15H15NO5. The number of aromatic hydroxyl groups is 4. The molecule has 2 aromatic carbocycles. The summed E-state index contributed by atoms with van der Waals surface area (Å²) in [5.41, 5.74) is 2.22. The van der Waals surface area contributed by atoms with Crippen molar-refractivity contribution in [2.75, 3.05) is 19.1 Å². The van der Waals surface area contributed by atoms with Crippen LogP contribution in [0, 0.1) is 0 Å². The van der Waals surface area contributed by atoms with E-state index < -0.39 is 11.5 Å². The lowest BCUT2D eigenvalue weighted by Gasteiger charge is -2.32. The molecule has 0 saturated carbocycles. The van der Waals surface area contributed by atoms with Crippen LogP contribution in [0.5, 0.6) is 28.7 Å². The smallest absolute Gasteiger partial charge is 0.206 e. The van der Waals surface area contributed by atoms with Crippen LogP contribution in [0.1, 0.15) is 11.1 Å². The molecule has 0 radical (unpaired) electrons. The Morgan fingerprint density at radius 1 is 1.00 bits per heavy atom. The average molecular weight is 289 g/mol. The number of nitrogens with zero attached hydrogens (tertiary/aromatic N) is 1. The standard InChI is InChI=1S/C15H15NO5/c1-16-10-7(4-3-5-9(10)17)6-8-11(16)15(21-2)14(20)13(19)12(8)18/h3-5,17-20H,6H2,1-2H3. The maximum absolute atomic E-state index is 10.1. The number of ether oxygens (including phenoxy) is 1. The molecule has 0 bridgehead atoms. The summed E-state index contributed by atoms with van der Waals surface area (Å²) in [5, 5.41) is 39.9. The Morgan fingerprint density at radius 3 is 2.38 bits per heavy atom. The number of para-hydroxylation sites is 1. The van der Waals surface area contributed by atoms with Gasteiger partial charge in [-0.15, -0.1) is 0 Å². The molecule has 21 heavy (non-hydrogen) atoms. The number of phenols is 4. The van der Waals surface area contributed by atoms with E-state index >= 15 is 0 Å². The number of hydrogen-bond acceptors (Lipinski definition) is 6. The number of rotatable bonds is 1. The Bertz CT molecular complexity index is 742. The van der Waals surface area contributed by atoms with E-state index in [2.05, 4.69) is 0 Å². The molecule has 110 valence electrons. The van der Waals surface area contributed by atoms with Crippen LogP contribution >= 0.6 is 0 Å². The highest BCUT2D eigenvalue weighted by Gasteiger charge is 2.32. The van der Waals surface area contributed by atoms with Gasteiger partial charge in [0.2, 0.25) is 11.5 Å². The summed E-state index contributed by atoms with van der Waals surface area (Å²) >= 11 is 0. The van der Waals surface area contributed by atoms with Crippen molar-refractivity contribution in [1.29, 1.82) is 0 Å². The fraction of sp³-hybridized carbons (Fsp3) is 0.200. The Balaban J connectivity index is 2.35. The highest BCUT2D eigenvalue weighted by Crippen LogP contribution is 2.56. The van der Waals surface area contributed by atoms with Crippen molar-refractivity contribution in [3.8, 4) is 28.7 Å². The van der Waals surface area contributed by atoms with E-state index in [9.17, 15) is 20.4 Å². The van der Waals surface area contributed by atoms with Crippen LogP contribution in [-0.2, 0) is 6.42 Å². The second-order valence-electron chi connectivity index (χ2n) is 4.93. The molecule has 6 nitrogen and oxygen atoms in total. The van der Waals surface area contributed by atoms with E-state index in [0.717, 1.165) is 5.56 Å². The third-order valence-electron chi connectivity index (χ3n) is 3.79. The first-order chi connectivity index (χ1) is 9.97. The summed E-state index contributed by atoms with van der Waals surface area (Å²) in [6.45, 7) is 0. The number of benzene rings is 2. The molecule has 0 aliphatic carbocycles. The molecule has 0 fully saturated rings. The zero-order chi connectivity index (χ0) is 15.3. The van der Waals surface area contributed by atoms with E-state index in [1.165, 1.54) is 7.11 Å². The van der Waals surface area contributed by atoms with Crippen LogP contribution in [0.25, 0.3) is 0 Å². The molecule has 0 aromatic heterocycles. The molecule has 4 N–H and O–H groups in total. The second-order valence-corrected chi connectivity index (χ2v) is 4.93. The van der Waals surface area contributed by atoms with Crippen LogP contribution in [0.2, 0.25) is 0 Å². The van der Waals surface area contributed by atoms with Gasteiger partial charge < -0.3 is 30.1 Å². The number of methoxy groups -OCH3 is 1. The van der Waals surface area contributed by atoms with Gasteiger partial charge in [-0.05, 0) is 11.6 Å². The minimum Gasteiger partial charge on any atom is -0.506 e. The summed E-state index contributed by atoms with van der Waals surface area (Å²) in [5.74, 6) is -1.38. The molecule has 2 aromatic rings. The fourth-order valence-corrected chi connectivity index (χ4v) is 2.85. The van der Waals surface area contributed by atoms with Gasteiger partial charge in [-0.2, -0.15) is 0 Å². The molecular weight excluding hydrogens is 274 g/mol. The first-order valence-corrected chi connectivity index (χ1v) is 6.35. The van der Waals surface area contributed by atoms with Crippen LogP contribution in [0.4, 0.5) is 11.4 Å². The molecule has 1 heterocycles. The fourth-order valence-electron chi connectivity index (χ4n) is 2.85. The maximum atomic E-state index is 10.1. The molecule has 0 amide bonds. The largest absolute Gasteiger partial charge is 0.506 e. The number of anilines is 2. The highest BCUT2D eigenvalue weighted by atomic mass is 16.5. The number of hydrogen-bond donors (Lipinski definition) is 4. The Morgan fingerprint density at radius 2 is 1.71 bits per heavy atom. The summed E-state index contributed by atoms with van der Waals surface area (Å²) < 4.78 is 5.16. The molecule has 0 spiro atoms. The lowest BCUT2D eigenvalue weighted by atomic mass is 9.93. The van der Waals surface area contributed by atoms with Crippen LogP contribution in [0.3, 0.4) is 0 Å². The SMILES string of the molecule is COc1c(O)c(O)c(O)c2c1N(C)c1c(O)cccc1C2. The van der Waals surface area contributed by atoms with E-state index in [4.69, 9.17) is 4.74 Å². The van der Waals surface area contributed by atoms with Crippen LogP contribution in [-0.4, -0.2) is 34.6 Å². The van der Waals surface area contributed by atoms with Crippen molar-refractivity contribution in [2.45, 2.75) is 6.42 Å². The summed E-state index contributed by atoms with van der Waals surface area (Å²) in [6.07, 6.45) is 0.305. The lowest BCUT2D eigenvalue weighted by Crippen LogP contribution is -2.19. The summed E-state index contributed by atoms with van der Waals surface area (Å²) in [7, 11) is 3.05. The van der Waals surface area contributed by atoms with E-state index in [1.54, 1.807) is 24.1 Å². The van der Waals surface area contributed by atoms with Crippen molar-refractivity contribution in [3.05, 3.63) is 29.3 Å². The van der Waals surface area contributed by atoms with Gasteiger partial charge in [0.05, 0.1) is 18.5 Å². The van der Waals surface area contributed by atoms with Gasteiger partial charge in [0.15, 0.2) is 11.5 Å². The summed E-state index contributed by atoms with van der Waals surface area (Å²) in [4.78, 5) is 1.63. The molecule has 0 saturated heterocycles. The topological polar surface area (TPSA) is 93.4 Å². The zero-order valence-corrected chi connectivity index (χ0v) is 11.6. The van der Waals surface area contributed by atoms with Gasteiger partial charge in [0, 0.05) is 19.0 Å². The van der Waals surface area contributed by atoms with Gasteiger partial charge in [-0.1, -0.05) is 12.1 Å². The third-order valence-corrected chi connectivity index (χ3v) is 3.79. The molecule has 6 heteroatoms. The minimum absolute atomic E-state index is 0.0525. The molecule has 3 rings (SSSR count). The predicted octanol–water partition coefficient (Wildman–Crippen LogP) is 2.19. The predicted molar refractivity (Wildman–Crippen MR) is 77.0 cm³/mol. The molecule has 1 aliphatic heterocycles. The van der Waals surface area contributed by atoms with Gasteiger partial charge in [0.1, 0.15) is 5.75 Å². The molecule has 1 aliphatic rings. The second kappa shape index (κ2) is 4.37. The number of fused-ring (bicyclic) bond motifs is 2. The lowest BCUT2D eigenvalue weighted by molar-refractivity contribution is 0.334. The van der Waals surface area contributed by atoms with Crippen molar-refractivity contribution >= 4 is 11.4 Å². The Kier molecular flexibility index (Phi) is 2.76. The monoisotopic (exact) mass is 289 g/mol. The van der Waals surface area contributed by atoms with Crippen molar-refractivity contribution in [3.63, 3.8) is 0 Å². The van der Waals surface area contributed by atoms with Gasteiger partial charge in [0.25, 0.3) is 0 Å². The molecule has 0 atom stereocenters. The normalized spacial score (nSPS) is 12.8. The average Bonchev–Trinajstić information content (AvgIpc) is 2.46. The van der Waals surface area contributed by atoms with E-state index in [-0.39, 0.29) is 17.2 Å². The van der Waals surface area contributed by atoms with Gasteiger partial charge >= 0.3 is 0 Å². The van der Waals surface area contributed by atoms with Gasteiger partial charge in [-0.25, -0.2) is 0 Å². The maximum Gasteiger partial charge on any atom is 0.206 e. The summed E-state index contributed by atoms with van der Waals surface area (Å²) in [6, 6.07) is 5.10. The number of phenolic OH excluding ortho intramolecular Hbond substituents is 4. The molecule has 0 unspecified atom stereocenters. The zero-order valence-electron chi connectivity index (χ0n) is 11.6. The van der Waals surface area contributed by atoms with Crippen molar-refractivity contribution < 1.29 is 25.2 Å². The Hall–Kier alpha value is -2.76. The first-order valence-electron chi connectivity index (χ1n) is 6.35. The third kappa shape index (κ3) is 1.65.